The van der Waals surface area contributed by atoms with Gasteiger partial charge in [-0.05, 0) is 44.0 Å². The number of fused-ring (bicyclic) bond motifs is 1. The molecule has 0 saturated heterocycles. The summed E-state index contributed by atoms with van der Waals surface area (Å²) in [7, 11) is 0. The lowest BCUT2D eigenvalue weighted by atomic mass is 10.2. The van der Waals surface area contributed by atoms with Gasteiger partial charge in [0.15, 0.2) is 0 Å². The molecule has 2 aromatic rings. The zero-order chi connectivity index (χ0) is 9.42. The Morgan fingerprint density at radius 3 is 2.85 bits per heavy atom. The van der Waals surface area contributed by atoms with Gasteiger partial charge < -0.3 is 0 Å². The second kappa shape index (κ2) is 3.35. The van der Waals surface area contributed by atoms with Crippen molar-refractivity contribution in [2.45, 2.75) is 0 Å². The van der Waals surface area contributed by atoms with Gasteiger partial charge >= 0.3 is 0 Å². The van der Waals surface area contributed by atoms with Gasteiger partial charge in [-0.2, -0.15) is 0 Å². The van der Waals surface area contributed by atoms with Crippen LogP contribution in [0.25, 0.3) is 10.9 Å². The highest BCUT2D eigenvalue weighted by Gasteiger charge is 2.08. The Bertz CT molecular complexity index is 470. The van der Waals surface area contributed by atoms with E-state index in [0.29, 0.717) is 9.99 Å². The molecule has 66 valence electrons. The highest BCUT2D eigenvalue weighted by molar-refractivity contribution is 9.11. The summed E-state index contributed by atoms with van der Waals surface area (Å²) in [4.78, 5) is 4.09. The summed E-state index contributed by atoms with van der Waals surface area (Å²) in [5.41, 5.74) is 0.634. The molecule has 0 bridgehead atoms. The summed E-state index contributed by atoms with van der Waals surface area (Å²) in [5.74, 6) is -0.307. The Labute approximate surface area is 91.2 Å². The minimum absolute atomic E-state index is 0.307. The van der Waals surface area contributed by atoms with E-state index in [2.05, 4.69) is 36.8 Å². The molecule has 0 saturated carbocycles. The van der Waals surface area contributed by atoms with Crippen LogP contribution in [0.2, 0.25) is 0 Å². The van der Waals surface area contributed by atoms with Crippen LogP contribution in [0.1, 0.15) is 0 Å². The summed E-state index contributed by atoms with van der Waals surface area (Å²) < 4.78 is 14.3. The van der Waals surface area contributed by atoms with Gasteiger partial charge in [-0.3, -0.25) is 4.98 Å². The lowest BCUT2D eigenvalue weighted by Gasteiger charge is -2.02. The van der Waals surface area contributed by atoms with Crippen LogP contribution >= 0.6 is 31.9 Å². The van der Waals surface area contributed by atoms with Crippen LogP contribution in [-0.4, -0.2) is 4.98 Å². The molecule has 1 aromatic carbocycles. The molecule has 13 heavy (non-hydrogen) atoms. The van der Waals surface area contributed by atoms with Gasteiger partial charge in [-0.1, -0.05) is 6.07 Å². The van der Waals surface area contributed by atoms with Gasteiger partial charge in [0.1, 0.15) is 5.82 Å². The molecule has 4 heteroatoms. The Balaban J connectivity index is 2.97. The van der Waals surface area contributed by atoms with Crippen LogP contribution in [0.15, 0.2) is 33.3 Å². The SMILES string of the molecule is Fc1cc(Br)c2cccnc2c1Br. The van der Waals surface area contributed by atoms with E-state index in [-0.39, 0.29) is 5.82 Å². The van der Waals surface area contributed by atoms with Crippen LogP contribution in [-0.2, 0) is 0 Å². The molecule has 0 spiro atoms. The van der Waals surface area contributed by atoms with Crippen molar-refractivity contribution in [3.8, 4) is 0 Å². The second-order valence-electron chi connectivity index (χ2n) is 2.55. The first-order valence-corrected chi connectivity index (χ1v) is 5.17. The third-order valence-electron chi connectivity index (χ3n) is 1.74. The van der Waals surface area contributed by atoms with E-state index < -0.39 is 0 Å². The van der Waals surface area contributed by atoms with Crippen molar-refractivity contribution in [2.75, 3.05) is 0 Å². The molecule has 1 heterocycles. The maximum atomic E-state index is 13.2. The fourth-order valence-corrected chi connectivity index (χ4v) is 2.09. The van der Waals surface area contributed by atoms with Crippen molar-refractivity contribution in [1.29, 1.82) is 0 Å². The number of benzene rings is 1. The van der Waals surface area contributed by atoms with Crippen LogP contribution in [0.5, 0.6) is 0 Å². The third-order valence-corrected chi connectivity index (χ3v) is 3.15. The lowest BCUT2D eigenvalue weighted by molar-refractivity contribution is 0.622. The van der Waals surface area contributed by atoms with Crippen LogP contribution in [0.3, 0.4) is 0 Å². The molecule has 0 amide bonds. The Kier molecular flexibility index (Phi) is 2.34. The van der Waals surface area contributed by atoms with Gasteiger partial charge in [0, 0.05) is 16.1 Å². The Hall–Kier alpha value is -0.480. The summed E-state index contributed by atoms with van der Waals surface area (Å²) in [6, 6.07) is 5.13. The molecular weight excluding hydrogens is 301 g/mol. The zero-order valence-corrected chi connectivity index (χ0v) is 9.56. The smallest absolute Gasteiger partial charge is 0.140 e. The number of aromatic nitrogens is 1. The second-order valence-corrected chi connectivity index (χ2v) is 4.20. The number of hydrogen-bond acceptors (Lipinski definition) is 1. The molecule has 0 unspecified atom stereocenters. The van der Waals surface area contributed by atoms with E-state index >= 15 is 0 Å². The first kappa shape index (κ1) is 9.09. The first-order chi connectivity index (χ1) is 6.20. The maximum absolute atomic E-state index is 13.2. The average molecular weight is 305 g/mol. The Morgan fingerprint density at radius 1 is 1.31 bits per heavy atom. The Morgan fingerprint density at radius 2 is 2.08 bits per heavy atom. The highest BCUT2D eigenvalue weighted by Crippen LogP contribution is 2.30. The van der Waals surface area contributed by atoms with E-state index in [1.165, 1.54) is 6.07 Å². The van der Waals surface area contributed by atoms with Gasteiger partial charge in [0.05, 0.1) is 9.99 Å². The van der Waals surface area contributed by atoms with E-state index in [1.54, 1.807) is 6.20 Å². The maximum Gasteiger partial charge on any atom is 0.140 e. The predicted molar refractivity (Wildman–Crippen MR) is 57.1 cm³/mol. The highest BCUT2D eigenvalue weighted by atomic mass is 79.9. The minimum Gasteiger partial charge on any atom is -0.255 e. The lowest BCUT2D eigenvalue weighted by Crippen LogP contribution is -1.85. The molecule has 0 aliphatic rings. The van der Waals surface area contributed by atoms with Crippen molar-refractivity contribution >= 4 is 42.8 Å². The summed E-state index contributed by atoms with van der Waals surface area (Å²) in [6.07, 6.45) is 1.64. The van der Waals surface area contributed by atoms with Gasteiger partial charge in [0.2, 0.25) is 0 Å². The van der Waals surface area contributed by atoms with Crippen LogP contribution in [0, 0.1) is 5.82 Å². The van der Waals surface area contributed by atoms with Crippen molar-refractivity contribution in [3.63, 3.8) is 0 Å². The molecule has 0 fully saturated rings. The first-order valence-electron chi connectivity index (χ1n) is 3.58. The molecule has 1 aromatic heterocycles. The largest absolute Gasteiger partial charge is 0.255 e. The molecule has 0 aliphatic heterocycles. The molecule has 2 rings (SSSR count). The number of pyridine rings is 1. The zero-order valence-electron chi connectivity index (χ0n) is 6.39. The van der Waals surface area contributed by atoms with E-state index in [0.717, 1.165) is 9.86 Å². The van der Waals surface area contributed by atoms with Crippen molar-refractivity contribution in [1.82, 2.24) is 4.98 Å². The van der Waals surface area contributed by atoms with Crippen molar-refractivity contribution < 1.29 is 4.39 Å². The molecule has 1 nitrogen and oxygen atoms in total. The monoisotopic (exact) mass is 303 g/mol. The number of hydrogen-bond donors (Lipinski definition) is 0. The minimum atomic E-state index is -0.307. The van der Waals surface area contributed by atoms with Crippen LogP contribution < -0.4 is 0 Å². The van der Waals surface area contributed by atoms with E-state index in [9.17, 15) is 4.39 Å². The van der Waals surface area contributed by atoms with Crippen molar-refractivity contribution in [2.24, 2.45) is 0 Å². The average Bonchev–Trinajstić information content (AvgIpc) is 2.15. The normalized spacial score (nSPS) is 10.7. The van der Waals surface area contributed by atoms with Gasteiger partial charge in [-0.15, -0.1) is 0 Å². The standard InChI is InChI=1S/C9H4Br2FN/c10-6-4-7(12)8(11)9-5(6)2-1-3-13-9/h1-4H. The van der Waals surface area contributed by atoms with Gasteiger partial charge in [-0.25, -0.2) is 4.39 Å². The van der Waals surface area contributed by atoms with E-state index in [4.69, 9.17) is 0 Å². The topological polar surface area (TPSA) is 12.9 Å². The predicted octanol–water partition coefficient (Wildman–Crippen LogP) is 3.90. The summed E-state index contributed by atoms with van der Waals surface area (Å²) in [5, 5.41) is 0.899. The quantitative estimate of drug-likeness (QED) is 0.673. The van der Waals surface area contributed by atoms with Crippen molar-refractivity contribution in [3.05, 3.63) is 39.2 Å². The number of rotatable bonds is 0. The molecular formula is C9H4Br2FN. The fourth-order valence-electron chi connectivity index (χ4n) is 1.14. The van der Waals surface area contributed by atoms with E-state index in [1.807, 2.05) is 12.1 Å². The van der Waals surface area contributed by atoms with Gasteiger partial charge in [0.25, 0.3) is 0 Å². The summed E-state index contributed by atoms with van der Waals surface area (Å²) >= 11 is 6.44. The fraction of sp³-hybridized carbons (Fsp3) is 0. The molecule has 0 aliphatic carbocycles. The number of halogens is 3. The summed E-state index contributed by atoms with van der Waals surface area (Å²) in [6.45, 7) is 0. The number of nitrogens with zero attached hydrogens (tertiary/aromatic N) is 1. The molecule has 0 radical (unpaired) electrons. The third kappa shape index (κ3) is 1.48. The van der Waals surface area contributed by atoms with Crippen LogP contribution in [0.4, 0.5) is 4.39 Å². The molecule has 0 N–H and O–H groups in total. The molecule has 0 atom stereocenters.